The number of methoxy groups -OCH3 is 1. The van der Waals surface area contributed by atoms with Crippen LogP contribution in [-0.2, 0) is 19.1 Å². The quantitative estimate of drug-likeness (QED) is 0.504. The Balaban J connectivity index is 2.28. The van der Waals surface area contributed by atoms with Crippen LogP contribution in [0.4, 0.5) is 0 Å². The van der Waals surface area contributed by atoms with E-state index in [-0.39, 0.29) is 5.91 Å². The van der Waals surface area contributed by atoms with Gasteiger partial charge in [0.15, 0.2) is 0 Å². The van der Waals surface area contributed by atoms with E-state index < -0.39 is 5.97 Å². The second-order valence-electron chi connectivity index (χ2n) is 3.80. The van der Waals surface area contributed by atoms with Gasteiger partial charge in [-0.05, 0) is 12.8 Å². The molecule has 0 bridgehead atoms. The van der Waals surface area contributed by atoms with Gasteiger partial charge in [0.05, 0.1) is 6.61 Å². The molecule has 1 aliphatic rings. The second-order valence-corrected chi connectivity index (χ2v) is 3.80. The average Bonchev–Trinajstić information content (AvgIpc) is 2.32. The Hall–Kier alpha value is -1.43. The van der Waals surface area contributed by atoms with E-state index in [4.69, 9.17) is 9.47 Å². The summed E-state index contributed by atoms with van der Waals surface area (Å²) in [6.45, 7) is 1.02. The molecule has 0 radical (unpaired) electrons. The minimum Gasteiger partial charge on any atom is -0.461 e. The third kappa shape index (κ3) is 4.52. The molecule has 0 aromatic rings. The van der Waals surface area contributed by atoms with Crippen LogP contribution in [0.3, 0.4) is 0 Å². The molecule has 0 saturated heterocycles. The summed E-state index contributed by atoms with van der Waals surface area (Å²) in [5, 5.41) is 5.06. The minimum atomic E-state index is -0.429. The Morgan fingerprint density at radius 3 is 2.71 bits per heavy atom. The van der Waals surface area contributed by atoms with Gasteiger partial charge in [-0.3, -0.25) is 4.79 Å². The number of unbranched alkanes of at least 4 members (excludes halogenated alkanes) is 1. The lowest BCUT2D eigenvalue weighted by molar-refractivity contribution is -0.136. The van der Waals surface area contributed by atoms with Gasteiger partial charge in [0.1, 0.15) is 5.71 Å². The van der Waals surface area contributed by atoms with Crippen LogP contribution >= 0.6 is 0 Å². The third-order valence-electron chi connectivity index (χ3n) is 2.42. The zero-order valence-corrected chi connectivity index (χ0v) is 10.3. The summed E-state index contributed by atoms with van der Waals surface area (Å²) in [5.74, 6) is -0.511. The van der Waals surface area contributed by atoms with Crippen molar-refractivity contribution in [1.82, 2.24) is 5.01 Å². The molecule has 96 valence electrons. The molecule has 0 fully saturated rings. The third-order valence-corrected chi connectivity index (χ3v) is 2.42. The molecule has 1 rings (SSSR count). The first-order valence-corrected chi connectivity index (χ1v) is 5.65. The van der Waals surface area contributed by atoms with Crippen molar-refractivity contribution < 1.29 is 19.1 Å². The summed E-state index contributed by atoms with van der Waals surface area (Å²) in [4.78, 5) is 22.7. The summed E-state index contributed by atoms with van der Waals surface area (Å²) in [6.07, 6.45) is 2.30. The molecule has 0 aromatic heterocycles. The first-order chi connectivity index (χ1) is 8.15. The fourth-order valence-corrected chi connectivity index (χ4v) is 1.41. The Morgan fingerprint density at radius 1 is 1.35 bits per heavy atom. The molecule has 6 nitrogen and oxygen atoms in total. The molecule has 17 heavy (non-hydrogen) atoms. The van der Waals surface area contributed by atoms with Gasteiger partial charge < -0.3 is 9.47 Å². The largest absolute Gasteiger partial charge is 0.461 e. The van der Waals surface area contributed by atoms with Crippen LogP contribution in [0.15, 0.2) is 5.10 Å². The van der Waals surface area contributed by atoms with Gasteiger partial charge in [-0.25, -0.2) is 9.80 Å². The fraction of sp³-hybridized carbons (Fsp3) is 0.727. The predicted molar refractivity (Wildman–Crippen MR) is 61.5 cm³/mol. The highest BCUT2D eigenvalue weighted by Gasteiger charge is 2.22. The van der Waals surface area contributed by atoms with Crippen LogP contribution in [0.2, 0.25) is 0 Å². The van der Waals surface area contributed by atoms with Gasteiger partial charge in [0.25, 0.3) is 0 Å². The maximum absolute atomic E-state index is 11.6. The van der Waals surface area contributed by atoms with Crippen molar-refractivity contribution in [2.45, 2.75) is 25.7 Å². The maximum atomic E-state index is 11.6. The molecule has 1 aliphatic heterocycles. The van der Waals surface area contributed by atoms with E-state index in [0.29, 0.717) is 31.8 Å². The van der Waals surface area contributed by atoms with Crippen molar-refractivity contribution in [3.8, 4) is 0 Å². The van der Waals surface area contributed by atoms with E-state index in [0.717, 1.165) is 12.8 Å². The van der Waals surface area contributed by atoms with Crippen LogP contribution in [-0.4, -0.2) is 50.0 Å². The predicted octanol–water partition coefficient (Wildman–Crippen LogP) is 0.564. The van der Waals surface area contributed by atoms with E-state index >= 15 is 0 Å². The summed E-state index contributed by atoms with van der Waals surface area (Å²) in [7, 11) is 3.17. The number of carbonyl (C=O) groups excluding carboxylic acids is 2. The molecule has 6 heteroatoms. The van der Waals surface area contributed by atoms with Crippen molar-refractivity contribution in [3.05, 3.63) is 0 Å². The first kappa shape index (κ1) is 13.6. The normalized spacial score (nSPS) is 15.8. The van der Waals surface area contributed by atoms with Crippen molar-refractivity contribution in [1.29, 1.82) is 0 Å². The average molecular weight is 242 g/mol. The van der Waals surface area contributed by atoms with E-state index in [2.05, 4.69) is 5.10 Å². The standard InChI is InChI=1S/C11H18N2O4/c1-13-10(14)6-5-9(12-13)11(15)17-8-4-3-7-16-2/h3-8H2,1-2H3. The van der Waals surface area contributed by atoms with Crippen molar-refractivity contribution in [2.24, 2.45) is 5.10 Å². The summed E-state index contributed by atoms with van der Waals surface area (Å²) in [5.41, 5.74) is 0.318. The van der Waals surface area contributed by atoms with Gasteiger partial charge in [0, 0.05) is 33.6 Å². The zero-order valence-electron chi connectivity index (χ0n) is 10.3. The van der Waals surface area contributed by atoms with Gasteiger partial charge in [0.2, 0.25) is 5.91 Å². The van der Waals surface area contributed by atoms with E-state index in [1.165, 1.54) is 12.1 Å². The van der Waals surface area contributed by atoms with Crippen LogP contribution in [0.5, 0.6) is 0 Å². The van der Waals surface area contributed by atoms with Crippen molar-refractivity contribution in [3.63, 3.8) is 0 Å². The molecular weight excluding hydrogens is 224 g/mol. The Morgan fingerprint density at radius 2 is 2.06 bits per heavy atom. The molecule has 0 atom stereocenters. The van der Waals surface area contributed by atoms with Crippen LogP contribution in [0, 0.1) is 0 Å². The number of hydrazone groups is 1. The SMILES string of the molecule is COCCCCOC(=O)C1=NN(C)C(=O)CC1. The molecule has 0 unspecified atom stereocenters. The highest BCUT2D eigenvalue weighted by molar-refractivity contribution is 6.37. The second kappa shape index (κ2) is 7.01. The number of hydrogen-bond donors (Lipinski definition) is 0. The summed E-state index contributed by atoms with van der Waals surface area (Å²) in [6, 6.07) is 0. The van der Waals surface area contributed by atoms with Gasteiger partial charge in [-0.1, -0.05) is 0 Å². The topological polar surface area (TPSA) is 68.2 Å². The van der Waals surface area contributed by atoms with Gasteiger partial charge >= 0.3 is 5.97 Å². The molecule has 0 spiro atoms. The zero-order chi connectivity index (χ0) is 12.7. The number of ether oxygens (including phenoxy) is 2. The molecule has 1 amide bonds. The Kier molecular flexibility index (Phi) is 5.62. The first-order valence-electron chi connectivity index (χ1n) is 5.65. The van der Waals surface area contributed by atoms with E-state index in [1.807, 2.05) is 0 Å². The highest BCUT2D eigenvalue weighted by atomic mass is 16.5. The van der Waals surface area contributed by atoms with Crippen molar-refractivity contribution >= 4 is 17.6 Å². The molecule has 0 saturated carbocycles. The van der Waals surface area contributed by atoms with Crippen LogP contribution in [0.1, 0.15) is 25.7 Å². The molecule has 0 aliphatic carbocycles. The molecule has 1 heterocycles. The molecule has 0 N–H and O–H groups in total. The minimum absolute atomic E-state index is 0.0818. The number of carbonyl (C=O) groups is 2. The van der Waals surface area contributed by atoms with Crippen molar-refractivity contribution in [2.75, 3.05) is 27.4 Å². The molecule has 0 aromatic carbocycles. The summed E-state index contributed by atoms with van der Waals surface area (Å²) < 4.78 is 9.93. The summed E-state index contributed by atoms with van der Waals surface area (Å²) >= 11 is 0. The molecular formula is C11H18N2O4. The monoisotopic (exact) mass is 242 g/mol. The van der Waals surface area contributed by atoms with E-state index in [1.54, 1.807) is 7.11 Å². The van der Waals surface area contributed by atoms with E-state index in [9.17, 15) is 9.59 Å². The number of esters is 1. The number of hydrogen-bond acceptors (Lipinski definition) is 5. The Labute approximate surface area is 101 Å². The maximum Gasteiger partial charge on any atom is 0.354 e. The smallest absolute Gasteiger partial charge is 0.354 e. The lowest BCUT2D eigenvalue weighted by atomic mass is 10.2. The van der Waals surface area contributed by atoms with Crippen LogP contribution < -0.4 is 0 Å². The Bertz CT molecular complexity index is 315. The number of nitrogens with zero attached hydrogens (tertiary/aromatic N) is 2. The number of rotatable bonds is 6. The van der Waals surface area contributed by atoms with Gasteiger partial charge in [-0.15, -0.1) is 0 Å². The number of amides is 1. The van der Waals surface area contributed by atoms with Gasteiger partial charge in [-0.2, -0.15) is 5.10 Å². The fourth-order valence-electron chi connectivity index (χ4n) is 1.41. The lowest BCUT2D eigenvalue weighted by Crippen LogP contribution is -2.32. The van der Waals surface area contributed by atoms with Crippen LogP contribution in [0.25, 0.3) is 0 Å². The lowest BCUT2D eigenvalue weighted by Gasteiger charge is -2.18. The highest BCUT2D eigenvalue weighted by Crippen LogP contribution is 2.08.